The predicted octanol–water partition coefficient (Wildman–Crippen LogP) is 3.64. The molecule has 1 nitrogen and oxygen atoms in total. The van der Waals surface area contributed by atoms with Gasteiger partial charge in [0.2, 0.25) is 0 Å². The van der Waals surface area contributed by atoms with E-state index in [4.69, 9.17) is 0 Å². The van der Waals surface area contributed by atoms with Crippen LogP contribution in [0.3, 0.4) is 0 Å². The maximum atomic E-state index is 4.62. The highest BCUT2D eigenvalue weighted by Gasteiger charge is 1.66. The SMILES string of the molecule is C1=CC=COC=1.CC.CCC. The van der Waals surface area contributed by atoms with Crippen molar-refractivity contribution in [3.05, 3.63) is 30.4 Å². The quantitative estimate of drug-likeness (QED) is 0.484. The molecule has 0 saturated carbocycles. The van der Waals surface area contributed by atoms with Gasteiger partial charge in [0.1, 0.15) is 6.26 Å². The van der Waals surface area contributed by atoms with Crippen molar-refractivity contribution in [1.29, 1.82) is 0 Å². The Labute approximate surface area is 70.1 Å². The Balaban J connectivity index is 0. The number of ether oxygens (including phenoxy) is 1. The summed E-state index contributed by atoms with van der Waals surface area (Å²) in [6.07, 6.45) is 7.90. The molecule has 0 unspecified atom stereocenters. The van der Waals surface area contributed by atoms with E-state index in [9.17, 15) is 0 Å². The van der Waals surface area contributed by atoms with Crippen LogP contribution in [-0.2, 0) is 4.74 Å². The molecule has 0 fully saturated rings. The van der Waals surface area contributed by atoms with Crippen molar-refractivity contribution in [2.24, 2.45) is 0 Å². The molecule has 0 radical (unpaired) electrons. The second-order valence-corrected chi connectivity index (χ2v) is 1.62. The molecular weight excluding hydrogens is 136 g/mol. The van der Waals surface area contributed by atoms with E-state index >= 15 is 0 Å². The van der Waals surface area contributed by atoms with Crippen molar-refractivity contribution < 1.29 is 4.74 Å². The molecule has 11 heavy (non-hydrogen) atoms. The first-order valence-corrected chi connectivity index (χ1v) is 4.13. The van der Waals surface area contributed by atoms with Gasteiger partial charge in [-0.2, -0.15) is 0 Å². The highest BCUT2D eigenvalue weighted by atomic mass is 16.5. The Morgan fingerprint density at radius 3 is 1.91 bits per heavy atom. The predicted molar refractivity (Wildman–Crippen MR) is 50.2 cm³/mol. The molecule has 1 heteroatoms. The second kappa shape index (κ2) is 16.0. The van der Waals surface area contributed by atoms with Gasteiger partial charge in [-0.3, -0.25) is 0 Å². The van der Waals surface area contributed by atoms with Crippen molar-refractivity contribution in [3.63, 3.8) is 0 Å². The van der Waals surface area contributed by atoms with E-state index in [1.165, 1.54) is 12.7 Å². The van der Waals surface area contributed by atoms with Crippen LogP contribution in [0.2, 0.25) is 0 Å². The number of hydrogen-bond acceptors (Lipinski definition) is 1. The van der Waals surface area contributed by atoms with Crippen LogP contribution in [0, 0.1) is 0 Å². The molecule has 0 bridgehead atoms. The van der Waals surface area contributed by atoms with Crippen molar-refractivity contribution in [2.45, 2.75) is 34.1 Å². The summed E-state index contributed by atoms with van der Waals surface area (Å²) < 4.78 is 4.62. The molecule has 0 aromatic rings. The van der Waals surface area contributed by atoms with E-state index in [1.807, 2.05) is 13.8 Å². The van der Waals surface area contributed by atoms with Gasteiger partial charge in [0, 0.05) is 0 Å². The van der Waals surface area contributed by atoms with Crippen LogP contribution < -0.4 is 0 Å². The van der Waals surface area contributed by atoms with Crippen LogP contribution in [0.5, 0.6) is 0 Å². The van der Waals surface area contributed by atoms with Gasteiger partial charge in [-0.15, -0.1) is 0 Å². The molecule has 0 aromatic heterocycles. The summed E-state index contributed by atoms with van der Waals surface area (Å²) in [6, 6.07) is 0. The van der Waals surface area contributed by atoms with E-state index < -0.39 is 0 Å². The zero-order chi connectivity index (χ0) is 8.95. The van der Waals surface area contributed by atoms with Crippen LogP contribution in [0.25, 0.3) is 0 Å². The van der Waals surface area contributed by atoms with Gasteiger partial charge in [0.15, 0.2) is 0 Å². The van der Waals surface area contributed by atoms with E-state index in [0.29, 0.717) is 0 Å². The number of rotatable bonds is 0. The second-order valence-electron chi connectivity index (χ2n) is 1.62. The van der Waals surface area contributed by atoms with Gasteiger partial charge >= 0.3 is 0 Å². The molecule has 0 N–H and O–H groups in total. The Morgan fingerprint density at radius 2 is 1.82 bits per heavy atom. The van der Waals surface area contributed by atoms with Crippen LogP contribution in [0.4, 0.5) is 0 Å². The lowest BCUT2D eigenvalue weighted by atomic mass is 10.5. The maximum Gasteiger partial charge on any atom is 0.132 e. The molecule has 64 valence electrons. The normalized spacial score (nSPS) is 10.2. The first kappa shape index (κ1) is 12.7. The Morgan fingerprint density at radius 1 is 1.27 bits per heavy atom. The van der Waals surface area contributed by atoms with E-state index in [-0.39, 0.29) is 0 Å². The fourth-order valence-electron chi connectivity index (χ4n) is 0.258. The lowest BCUT2D eigenvalue weighted by Crippen LogP contribution is -1.64. The molecule has 0 atom stereocenters. The van der Waals surface area contributed by atoms with Crippen molar-refractivity contribution in [2.75, 3.05) is 0 Å². The average Bonchev–Trinajstić information content (AvgIpc) is 2.12. The average molecular weight is 154 g/mol. The first-order chi connectivity index (χ1) is 5.41. The fourth-order valence-corrected chi connectivity index (χ4v) is 0.258. The third-order valence-electron chi connectivity index (χ3n) is 0.486. The molecule has 1 rings (SSSR count). The Kier molecular flexibility index (Phi) is 18.5. The molecular formula is C10H18O. The van der Waals surface area contributed by atoms with Gasteiger partial charge < -0.3 is 4.74 Å². The van der Waals surface area contributed by atoms with Crippen LogP contribution >= 0.6 is 0 Å². The zero-order valence-corrected chi connectivity index (χ0v) is 7.92. The zero-order valence-electron chi connectivity index (χ0n) is 7.92. The van der Waals surface area contributed by atoms with Gasteiger partial charge in [-0.05, 0) is 12.2 Å². The van der Waals surface area contributed by atoms with Crippen molar-refractivity contribution in [1.82, 2.24) is 0 Å². The molecule has 0 aliphatic carbocycles. The molecule has 0 amide bonds. The summed E-state index contributed by atoms with van der Waals surface area (Å²) in [7, 11) is 0. The van der Waals surface area contributed by atoms with Gasteiger partial charge in [0.05, 0.1) is 6.26 Å². The summed E-state index contributed by atoms with van der Waals surface area (Å²) in [6.45, 7) is 8.25. The van der Waals surface area contributed by atoms with Crippen LogP contribution in [0.1, 0.15) is 34.1 Å². The summed E-state index contributed by atoms with van der Waals surface area (Å²) in [4.78, 5) is 0. The highest BCUT2D eigenvalue weighted by molar-refractivity contribution is 5.02. The number of allylic oxidation sites excluding steroid dienone is 2. The lowest BCUT2D eigenvalue weighted by molar-refractivity contribution is 0.401. The first-order valence-electron chi connectivity index (χ1n) is 4.13. The van der Waals surface area contributed by atoms with Gasteiger partial charge in [-0.1, -0.05) is 39.8 Å². The van der Waals surface area contributed by atoms with Crippen molar-refractivity contribution in [3.8, 4) is 0 Å². The molecule has 1 heterocycles. The molecule has 1 aliphatic rings. The highest BCUT2D eigenvalue weighted by Crippen LogP contribution is 1.84. The standard InChI is InChI=1S/C5H4O.C3H8.C2H6/c1-2-4-6-5-3-1;1-3-2;1-2/h1-2,4-5H;3H2,1-2H3;1-2H3. The molecule has 0 saturated heterocycles. The largest absolute Gasteiger partial charge is 0.464 e. The Hall–Kier alpha value is -0.940. The maximum absolute atomic E-state index is 4.62. The smallest absolute Gasteiger partial charge is 0.132 e. The summed E-state index contributed by atoms with van der Waals surface area (Å²) in [5.74, 6) is 0. The van der Waals surface area contributed by atoms with E-state index in [0.717, 1.165) is 0 Å². The van der Waals surface area contributed by atoms with Crippen LogP contribution in [-0.4, -0.2) is 0 Å². The minimum atomic E-state index is 1.25. The molecule has 1 aliphatic heterocycles. The summed E-state index contributed by atoms with van der Waals surface area (Å²) >= 11 is 0. The minimum absolute atomic E-state index is 1.25. The van der Waals surface area contributed by atoms with E-state index in [2.05, 4.69) is 24.3 Å². The topological polar surface area (TPSA) is 9.23 Å². The lowest BCUT2D eigenvalue weighted by Gasteiger charge is -1.84. The Bertz CT molecular complexity index is 128. The summed E-state index contributed by atoms with van der Waals surface area (Å²) in [5, 5.41) is 0. The summed E-state index contributed by atoms with van der Waals surface area (Å²) in [5.41, 5.74) is 2.73. The van der Waals surface area contributed by atoms with Gasteiger partial charge in [0.25, 0.3) is 0 Å². The molecule has 0 spiro atoms. The van der Waals surface area contributed by atoms with E-state index in [1.54, 1.807) is 18.4 Å². The third-order valence-corrected chi connectivity index (χ3v) is 0.486. The van der Waals surface area contributed by atoms with Gasteiger partial charge in [-0.25, -0.2) is 0 Å². The monoisotopic (exact) mass is 154 g/mol. The van der Waals surface area contributed by atoms with Crippen LogP contribution in [0.15, 0.2) is 30.4 Å². The fraction of sp³-hybridized carbons (Fsp3) is 0.500. The van der Waals surface area contributed by atoms with Crippen molar-refractivity contribution >= 4 is 0 Å². The minimum Gasteiger partial charge on any atom is -0.464 e. The third kappa shape index (κ3) is 17.6. The molecule has 0 aromatic carbocycles. The number of hydrogen-bond donors (Lipinski definition) is 0.